The van der Waals surface area contributed by atoms with E-state index in [2.05, 4.69) is 4.98 Å². The summed E-state index contributed by atoms with van der Waals surface area (Å²) in [5.74, 6) is 2.04. The molecule has 0 N–H and O–H groups in total. The van der Waals surface area contributed by atoms with Gasteiger partial charge in [-0.2, -0.15) is 11.8 Å². The zero-order chi connectivity index (χ0) is 15.5. The molecule has 116 valence electrons. The summed E-state index contributed by atoms with van der Waals surface area (Å²) in [6, 6.07) is 7.67. The molecular formula is C16H18ClN3OS. The Bertz CT molecular complexity index is 629. The number of amides is 1. The molecule has 2 heterocycles. The fourth-order valence-electron chi connectivity index (χ4n) is 2.69. The van der Waals surface area contributed by atoms with Gasteiger partial charge in [0.1, 0.15) is 6.04 Å². The number of carbonyl (C=O) groups is 1. The standard InChI is InChI=1S/C16H18ClN3OS/c1-12(19-7-6-18-11-19)16(21)20-8-9-22-10-15(20)13-2-4-14(17)5-3-13/h2-7,11-12,15H,8-10H2,1H3. The summed E-state index contributed by atoms with van der Waals surface area (Å²) >= 11 is 7.86. The first-order valence-corrected chi connectivity index (χ1v) is 8.81. The topological polar surface area (TPSA) is 38.1 Å². The average Bonchev–Trinajstić information content (AvgIpc) is 3.09. The van der Waals surface area contributed by atoms with Gasteiger partial charge in [-0.1, -0.05) is 23.7 Å². The highest BCUT2D eigenvalue weighted by Crippen LogP contribution is 2.32. The Morgan fingerprint density at radius 3 is 2.86 bits per heavy atom. The van der Waals surface area contributed by atoms with Crippen molar-refractivity contribution in [2.45, 2.75) is 19.0 Å². The summed E-state index contributed by atoms with van der Waals surface area (Å²) in [6.45, 7) is 2.69. The summed E-state index contributed by atoms with van der Waals surface area (Å²) in [7, 11) is 0. The fourth-order valence-corrected chi connectivity index (χ4v) is 3.91. The molecule has 22 heavy (non-hydrogen) atoms. The van der Waals surface area contributed by atoms with Gasteiger partial charge in [-0.05, 0) is 24.6 Å². The van der Waals surface area contributed by atoms with Crippen molar-refractivity contribution in [1.82, 2.24) is 14.5 Å². The van der Waals surface area contributed by atoms with Crippen LogP contribution in [0.4, 0.5) is 0 Å². The van der Waals surface area contributed by atoms with E-state index in [1.165, 1.54) is 0 Å². The molecular weight excluding hydrogens is 318 g/mol. The smallest absolute Gasteiger partial charge is 0.245 e. The van der Waals surface area contributed by atoms with E-state index >= 15 is 0 Å². The predicted molar refractivity (Wildman–Crippen MR) is 90.2 cm³/mol. The first kappa shape index (κ1) is 15.4. The van der Waals surface area contributed by atoms with Gasteiger partial charge in [0.05, 0.1) is 12.4 Å². The molecule has 0 saturated carbocycles. The molecule has 1 fully saturated rings. The molecule has 1 amide bonds. The quantitative estimate of drug-likeness (QED) is 0.862. The van der Waals surface area contributed by atoms with Crippen LogP contribution >= 0.6 is 23.4 Å². The second-order valence-electron chi connectivity index (χ2n) is 5.36. The van der Waals surface area contributed by atoms with Crippen LogP contribution in [-0.2, 0) is 4.79 Å². The fraction of sp³-hybridized carbons (Fsp3) is 0.375. The van der Waals surface area contributed by atoms with Crippen LogP contribution in [0.2, 0.25) is 5.02 Å². The van der Waals surface area contributed by atoms with Gasteiger partial charge < -0.3 is 9.47 Å². The average molecular weight is 336 g/mol. The predicted octanol–water partition coefficient (Wildman–Crippen LogP) is 3.41. The molecule has 1 aliphatic heterocycles. The molecule has 1 aromatic carbocycles. The maximum Gasteiger partial charge on any atom is 0.245 e. The van der Waals surface area contributed by atoms with Crippen molar-refractivity contribution in [3.05, 3.63) is 53.6 Å². The number of thioether (sulfide) groups is 1. The number of imidazole rings is 1. The molecule has 2 unspecified atom stereocenters. The molecule has 0 aliphatic carbocycles. The SMILES string of the molecule is CC(C(=O)N1CCSCC1c1ccc(Cl)cc1)n1ccnc1. The largest absolute Gasteiger partial charge is 0.332 e. The van der Waals surface area contributed by atoms with Crippen molar-refractivity contribution in [2.24, 2.45) is 0 Å². The zero-order valence-corrected chi connectivity index (χ0v) is 13.9. The number of hydrogen-bond acceptors (Lipinski definition) is 3. The first-order valence-electron chi connectivity index (χ1n) is 7.28. The van der Waals surface area contributed by atoms with Crippen LogP contribution in [0.25, 0.3) is 0 Å². The number of hydrogen-bond donors (Lipinski definition) is 0. The molecule has 1 saturated heterocycles. The lowest BCUT2D eigenvalue weighted by atomic mass is 10.1. The number of nitrogens with zero attached hydrogens (tertiary/aromatic N) is 3. The normalized spacial score (nSPS) is 19.9. The second kappa shape index (κ2) is 6.75. The van der Waals surface area contributed by atoms with Crippen LogP contribution < -0.4 is 0 Å². The maximum atomic E-state index is 12.9. The minimum absolute atomic E-state index is 0.106. The zero-order valence-electron chi connectivity index (χ0n) is 12.4. The maximum absolute atomic E-state index is 12.9. The Labute approximate surface area is 139 Å². The first-order chi connectivity index (χ1) is 10.7. The monoisotopic (exact) mass is 335 g/mol. The van der Waals surface area contributed by atoms with Gasteiger partial charge in [-0.3, -0.25) is 4.79 Å². The van der Waals surface area contributed by atoms with E-state index in [0.717, 1.165) is 28.6 Å². The van der Waals surface area contributed by atoms with E-state index in [4.69, 9.17) is 11.6 Å². The number of carbonyl (C=O) groups excluding carboxylic acids is 1. The lowest BCUT2D eigenvalue weighted by Crippen LogP contribution is -2.43. The van der Waals surface area contributed by atoms with Crippen molar-refractivity contribution in [2.75, 3.05) is 18.1 Å². The van der Waals surface area contributed by atoms with Crippen molar-refractivity contribution in [3.63, 3.8) is 0 Å². The van der Waals surface area contributed by atoms with Gasteiger partial charge in [-0.25, -0.2) is 4.98 Å². The molecule has 0 spiro atoms. The van der Waals surface area contributed by atoms with Crippen LogP contribution in [0.1, 0.15) is 24.6 Å². The molecule has 2 aromatic rings. The Morgan fingerprint density at radius 2 is 2.18 bits per heavy atom. The Morgan fingerprint density at radius 1 is 1.41 bits per heavy atom. The molecule has 4 nitrogen and oxygen atoms in total. The summed E-state index contributed by atoms with van der Waals surface area (Å²) in [6.07, 6.45) is 5.23. The van der Waals surface area contributed by atoms with Crippen molar-refractivity contribution in [3.8, 4) is 0 Å². The van der Waals surface area contributed by atoms with Gasteiger partial charge in [0.25, 0.3) is 0 Å². The van der Waals surface area contributed by atoms with E-state index in [1.54, 1.807) is 12.5 Å². The molecule has 0 bridgehead atoms. The Kier molecular flexibility index (Phi) is 4.74. The molecule has 3 rings (SSSR count). The van der Waals surface area contributed by atoms with Gasteiger partial charge in [0.15, 0.2) is 0 Å². The highest BCUT2D eigenvalue weighted by atomic mass is 35.5. The van der Waals surface area contributed by atoms with Crippen LogP contribution in [0.15, 0.2) is 43.0 Å². The molecule has 1 aromatic heterocycles. The van der Waals surface area contributed by atoms with Crippen LogP contribution in [0.5, 0.6) is 0 Å². The number of aromatic nitrogens is 2. The highest BCUT2D eigenvalue weighted by Gasteiger charge is 2.31. The van der Waals surface area contributed by atoms with E-state index in [0.29, 0.717) is 0 Å². The summed E-state index contributed by atoms with van der Waals surface area (Å²) in [5, 5.41) is 0.719. The number of halogens is 1. The lowest BCUT2D eigenvalue weighted by molar-refractivity contribution is -0.136. The molecule has 1 aliphatic rings. The second-order valence-corrected chi connectivity index (χ2v) is 6.95. The van der Waals surface area contributed by atoms with Crippen molar-refractivity contribution < 1.29 is 4.79 Å². The minimum Gasteiger partial charge on any atom is -0.332 e. The minimum atomic E-state index is -0.236. The summed E-state index contributed by atoms with van der Waals surface area (Å²) < 4.78 is 1.85. The van der Waals surface area contributed by atoms with E-state index in [1.807, 2.05) is 58.6 Å². The highest BCUT2D eigenvalue weighted by molar-refractivity contribution is 7.99. The molecule has 0 radical (unpaired) electrons. The van der Waals surface area contributed by atoms with Gasteiger partial charge in [0.2, 0.25) is 5.91 Å². The third-order valence-electron chi connectivity index (χ3n) is 4.00. The van der Waals surface area contributed by atoms with Crippen LogP contribution in [-0.4, -0.2) is 38.4 Å². The van der Waals surface area contributed by atoms with Gasteiger partial charge >= 0.3 is 0 Å². The van der Waals surface area contributed by atoms with Crippen molar-refractivity contribution >= 4 is 29.3 Å². The lowest BCUT2D eigenvalue weighted by Gasteiger charge is -2.37. The van der Waals surface area contributed by atoms with Gasteiger partial charge in [0, 0.05) is 35.5 Å². The summed E-state index contributed by atoms with van der Waals surface area (Å²) in [4.78, 5) is 18.9. The summed E-state index contributed by atoms with van der Waals surface area (Å²) in [5.41, 5.74) is 1.14. The van der Waals surface area contributed by atoms with Gasteiger partial charge in [-0.15, -0.1) is 0 Å². The third kappa shape index (κ3) is 3.15. The van der Waals surface area contributed by atoms with Crippen LogP contribution in [0.3, 0.4) is 0 Å². The van der Waals surface area contributed by atoms with E-state index in [9.17, 15) is 4.79 Å². The Balaban J connectivity index is 1.83. The number of rotatable bonds is 3. The van der Waals surface area contributed by atoms with E-state index in [-0.39, 0.29) is 18.0 Å². The number of benzene rings is 1. The van der Waals surface area contributed by atoms with E-state index < -0.39 is 0 Å². The third-order valence-corrected chi connectivity index (χ3v) is 5.27. The molecule has 6 heteroatoms. The molecule has 2 atom stereocenters. The Hall–Kier alpha value is -1.46. The van der Waals surface area contributed by atoms with Crippen LogP contribution in [0, 0.1) is 0 Å². The van der Waals surface area contributed by atoms with Crippen molar-refractivity contribution in [1.29, 1.82) is 0 Å².